The minimum absolute atomic E-state index is 0.0162. The summed E-state index contributed by atoms with van der Waals surface area (Å²) in [6.07, 6.45) is 0. The Hall–Kier alpha value is -6.12. The normalized spacial score (nSPS) is 10.0. The van der Waals surface area contributed by atoms with Gasteiger partial charge < -0.3 is 24.8 Å². The van der Waals surface area contributed by atoms with Gasteiger partial charge in [0, 0.05) is 21.9 Å². The topological polar surface area (TPSA) is 208 Å². The first-order chi connectivity index (χ1) is 21.1. The highest BCUT2D eigenvalue weighted by atomic mass is 32.2. The Kier molecular flexibility index (Phi) is 9.28. The zero-order chi connectivity index (χ0) is 32.0. The van der Waals surface area contributed by atoms with Crippen LogP contribution in [0.4, 0.5) is 0 Å². The molecule has 0 heterocycles. The van der Waals surface area contributed by atoms with Crippen LogP contribution in [0.5, 0.6) is 23.0 Å². The first-order valence-corrected chi connectivity index (χ1v) is 13.7. The van der Waals surface area contributed by atoms with Gasteiger partial charge in [0.1, 0.15) is 35.4 Å². The fourth-order valence-electron chi connectivity index (χ4n) is 3.77. The number of carbonyl (C=O) groups excluding carboxylic acids is 2. The number of hydrogen-bond acceptors (Lipinski definition) is 13. The second kappa shape index (κ2) is 13.2. The predicted octanol–water partition coefficient (Wildman–Crippen LogP) is 5.60. The van der Waals surface area contributed by atoms with E-state index in [-0.39, 0.29) is 48.9 Å². The van der Waals surface area contributed by atoms with E-state index < -0.39 is 29.2 Å². The number of nitriles is 4. The molecule has 11 nitrogen and oxygen atoms in total. The highest BCUT2D eigenvalue weighted by Crippen LogP contribution is 2.43. The molecule has 0 aliphatic rings. The van der Waals surface area contributed by atoms with Crippen molar-refractivity contribution in [2.45, 2.75) is 19.6 Å². The number of esters is 2. The van der Waals surface area contributed by atoms with Crippen molar-refractivity contribution in [3.8, 4) is 47.3 Å². The second-order valence-electron chi connectivity index (χ2n) is 8.55. The molecule has 0 unspecified atom stereocenters. The molecule has 0 bridgehead atoms. The quantitative estimate of drug-likeness (QED) is 0.131. The average molecular weight is 621 g/mol. The zero-order valence-corrected chi connectivity index (χ0v) is 24.0. The van der Waals surface area contributed by atoms with Gasteiger partial charge in [-0.15, -0.1) is 0 Å². The van der Waals surface area contributed by atoms with Crippen molar-refractivity contribution in [3.05, 3.63) is 94.0 Å². The summed E-state index contributed by atoms with van der Waals surface area (Å²) >= 11 is 1.98. The maximum absolute atomic E-state index is 12.6. The Labute approximate surface area is 258 Å². The Morgan fingerprint density at radius 1 is 0.659 bits per heavy atom. The van der Waals surface area contributed by atoms with Crippen LogP contribution in [0.1, 0.15) is 43.0 Å². The van der Waals surface area contributed by atoms with E-state index in [0.29, 0.717) is 9.79 Å². The molecule has 44 heavy (non-hydrogen) atoms. The molecular formula is C31H16N4O7S2. The van der Waals surface area contributed by atoms with Crippen molar-refractivity contribution >= 4 is 35.5 Å². The number of hydrogen-bond donors (Lipinski definition) is 3. The van der Waals surface area contributed by atoms with E-state index >= 15 is 0 Å². The molecule has 0 amide bonds. The molecule has 214 valence electrons. The van der Waals surface area contributed by atoms with E-state index in [9.17, 15) is 46.0 Å². The largest absolute Gasteiger partial charge is 0.504 e. The molecule has 13 heteroatoms. The molecule has 0 aliphatic heterocycles. The summed E-state index contributed by atoms with van der Waals surface area (Å²) < 4.78 is 10.0. The molecule has 4 aromatic carbocycles. The number of methoxy groups -OCH3 is 1. The zero-order valence-electron chi connectivity index (χ0n) is 22.4. The van der Waals surface area contributed by atoms with Gasteiger partial charge in [-0.3, -0.25) is 0 Å². The second-order valence-corrected chi connectivity index (χ2v) is 10.7. The number of phenols is 3. The Bertz CT molecular complexity index is 1980. The average Bonchev–Trinajstić information content (AvgIpc) is 3.03. The van der Waals surface area contributed by atoms with Gasteiger partial charge in [-0.2, -0.15) is 21.0 Å². The number of rotatable bonds is 7. The molecule has 0 atom stereocenters. The number of ether oxygens (including phenoxy) is 2. The summed E-state index contributed by atoms with van der Waals surface area (Å²) in [6.45, 7) is 0. The highest BCUT2D eigenvalue weighted by Gasteiger charge is 2.21. The van der Waals surface area contributed by atoms with Crippen LogP contribution in [0, 0.1) is 45.3 Å². The predicted molar refractivity (Wildman–Crippen MR) is 154 cm³/mol. The van der Waals surface area contributed by atoms with Gasteiger partial charge in [-0.05, 0) is 48.5 Å². The van der Waals surface area contributed by atoms with Crippen molar-refractivity contribution < 1.29 is 34.4 Å². The lowest BCUT2D eigenvalue weighted by molar-refractivity contribution is 0.0397. The number of benzene rings is 4. The van der Waals surface area contributed by atoms with E-state index in [4.69, 9.17) is 9.47 Å². The fraction of sp³-hybridized carbons (Fsp3) is 0.0323. The summed E-state index contributed by atoms with van der Waals surface area (Å²) in [5.41, 5.74) is -0.245. The Morgan fingerprint density at radius 3 is 1.50 bits per heavy atom. The molecule has 0 saturated carbocycles. The van der Waals surface area contributed by atoms with Gasteiger partial charge in [0.05, 0.1) is 39.2 Å². The fourth-order valence-corrected chi connectivity index (χ4v) is 5.70. The minimum atomic E-state index is -0.936. The van der Waals surface area contributed by atoms with Gasteiger partial charge in [0.2, 0.25) is 0 Å². The highest BCUT2D eigenvalue weighted by molar-refractivity contribution is 7.99. The van der Waals surface area contributed by atoms with E-state index in [1.807, 2.05) is 18.2 Å². The first kappa shape index (κ1) is 30.8. The van der Waals surface area contributed by atoms with E-state index in [0.717, 1.165) is 29.6 Å². The van der Waals surface area contributed by atoms with Gasteiger partial charge in [-0.1, -0.05) is 23.5 Å². The standard InChI is InChI=1S/C31H16N4O7S2/c1-41-25-11-19(13-33)29(23(15-35)27(25)38)44-21-8-4-17(5-9-21)31(40)42-30(39)16-2-6-20(7-3-16)43-28-18(12-32)10-24(36)26(37)22(28)14-34/h2-11,36-38H,1H3. The maximum Gasteiger partial charge on any atom is 0.346 e. The third-order valence-corrected chi connectivity index (χ3v) is 8.21. The Morgan fingerprint density at radius 2 is 1.09 bits per heavy atom. The lowest BCUT2D eigenvalue weighted by atomic mass is 10.1. The van der Waals surface area contributed by atoms with Crippen LogP contribution in [-0.4, -0.2) is 34.4 Å². The van der Waals surface area contributed by atoms with Crippen LogP contribution in [0.3, 0.4) is 0 Å². The third kappa shape index (κ3) is 6.20. The molecule has 0 saturated heterocycles. The number of carbonyl (C=O) groups is 2. The van der Waals surface area contributed by atoms with Crippen LogP contribution < -0.4 is 4.74 Å². The molecule has 0 aliphatic carbocycles. The van der Waals surface area contributed by atoms with Crippen LogP contribution in [0.25, 0.3) is 0 Å². The van der Waals surface area contributed by atoms with E-state index in [1.54, 1.807) is 6.07 Å². The summed E-state index contributed by atoms with van der Waals surface area (Å²) in [6, 6.07) is 21.4. The lowest BCUT2D eigenvalue weighted by Crippen LogP contribution is -2.12. The van der Waals surface area contributed by atoms with Gasteiger partial charge in [0.25, 0.3) is 0 Å². The van der Waals surface area contributed by atoms with Crippen molar-refractivity contribution in [3.63, 3.8) is 0 Å². The molecule has 3 N–H and O–H groups in total. The first-order valence-electron chi connectivity index (χ1n) is 12.1. The molecule has 0 radical (unpaired) electrons. The van der Waals surface area contributed by atoms with Gasteiger partial charge in [-0.25, -0.2) is 9.59 Å². The third-order valence-electron chi connectivity index (χ3n) is 5.94. The van der Waals surface area contributed by atoms with Crippen LogP contribution in [-0.2, 0) is 4.74 Å². The summed E-state index contributed by atoms with van der Waals surface area (Å²) in [4.78, 5) is 26.6. The van der Waals surface area contributed by atoms with Gasteiger partial charge in [0.15, 0.2) is 23.0 Å². The molecule has 4 rings (SSSR count). The summed E-state index contributed by atoms with van der Waals surface area (Å²) in [5, 5.41) is 67.9. The lowest BCUT2D eigenvalue weighted by Gasteiger charge is -2.11. The monoisotopic (exact) mass is 620 g/mol. The summed E-state index contributed by atoms with van der Waals surface area (Å²) in [7, 11) is 1.30. The van der Waals surface area contributed by atoms with E-state index in [2.05, 4.69) is 0 Å². The van der Waals surface area contributed by atoms with Gasteiger partial charge >= 0.3 is 11.9 Å². The van der Waals surface area contributed by atoms with E-state index in [1.165, 1.54) is 61.7 Å². The maximum atomic E-state index is 12.6. The molecular weight excluding hydrogens is 604 g/mol. The van der Waals surface area contributed by atoms with Crippen LogP contribution in [0.15, 0.2) is 80.2 Å². The molecule has 0 spiro atoms. The van der Waals surface area contributed by atoms with Crippen LogP contribution in [0.2, 0.25) is 0 Å². The minimum Gasteiger partial charge on any atom is -0.504 e. The molecule has 0 fully saturated rings. The Balaban J connectivity index is 1.46. The van der Waals surface area contributed by atoms with Crippen molar-refractivity contribution in [2.24, 2.45) is 0 Å². The molecule has 4 aromatic rings. The smallest absolute Gasteiger partial charge is 0.346 e. The van der Waals surface area contributed by atoms with Crippen molar-refractivity contribution in [1.82, 2.24) is 0 Å². The summed E-state index contributed by atoms with van der Waals surface area (Å²) in [5.74, 6) is -3.54. The molecule has 0 aromatic heterocycles. The van der Waals surface area contributed by atoms with Crippen molar-refractivity contribution in [2.75, 3.05) is 7.11 Å². The number of nitrogens with zero attached hydrogens (tertiary/aromatic N) is 4. The van der Waals surface area contributed by atoms with Crippen molar-refractivity contribution in [1.29, 1.82) is 21.0 Å². The number of aromatic hydroxyl groups is 3. The SMILES string of the molecule is COc1cc(C#N)c(Sc2ccc(C(=O)OC(=O)c3ccc(Sc4c(C#N)cc(O)c(O)c4C#N)cc3)cc2)c(C#N)c1O. The van der Waals surface area contributed by atoms with Crippen LogP contribution >= 0.6 is 23.5 Å². The number of phenolic OH excluding ortho intramolecular Hbond substituents is 3.